The fourth-order valence-corrected chi connectivity index (χ4v) is 5.04. The van der Waals surface area contributed by atoms with Crippen LogP contribution in [0.3, 0.4) is 0 Å². The third-order valence-corrected chi connectivity index (χ3v) is 7.78. The van der Waals surface area contributed by atoms with Crippen LogP contribution in [0.15, 0.2) is 12.2 Å². The van der Waals surface area contributed by atoms with Gasteiger partial charge in [0, 0.05) is 50.0 Å². The van der Waals surface area contributed by atoms with Crippen LogP contribution in [0.1, 0.15) is 59.3 Å². The Bertz CT molecular complexity index is 1540. The molecule has 1 aliphatic rings. The maximum Gasteiger partial charge on any atom is 0.347 e. The molecular formula is C32H49N9O15. The number of nitrogens with two attached hydrogens (primary N) is 1. The number of amides is 7. The van der Waals surface area contributed by atoms with Crippen molar-refractivity contribution in [3.63, 3.8) is 0 Å². The Labute approximate surface area is 319 Å². The molecule has 0 unspecified atom stereocenters. The van der Waals surface area contributed by atoms with Crippen molar-refractivity contribution in [2.75, 3.05) is 20.1 Å². The Morgan fingerprint density at radius 3 is 1.48 bits per heavy atom. The SMILES string of the molecule is CN[C@@H](CCC(=O)O)C(=O)N[C@@H](NC(=O)[C@H](CCC(=O)O)NC(=O)[C@H](CNC(=O)[C@H](CN)N1C(=O)C=CC1=O)NC(=O)[C@H](CCC(=O)O)NC(C)(C)C)C(=O)O. The van der Waals surface area contributed by atoms with Crippen LogP contribution in [0, 0.1) is 0 Å². The fourth-order valence-electron chi connectivity index (χ4n) is 5.04. The van der Waals surface area contributed by atoms with E-state index in [9.17, 15) is 68.1 Å². The zero-order valence-corrected chi connectivity index (χ0v) is 31.1. The van der Waals surface area contributed by atoms with Gasteiger partial charge in [-0.1, -0.05) is 0 Å². The average Bonchev–Trinajstić information content (AvgIpc) is 3.42. The molecule has 24 nitrogen and oxygen atoms in total. The molecule has 0 radical (unpaired) electrons. The summed E-state index contributed by atoms with van der Waals surface area (Å²) in [5.41, 5.74) is 4.88. The zero-order valence-electron chi connectivity index (χ0n) is 31.1. The second kappa shape index (κ2) is 22.4. The smallest absolute Gasteiger partial charge is 0.347 e. The number of hydrogen-bond donors (Lipinski definition) is 12. The van der Waals surface area contributed by atoms with Crippen molar-refractivity contribution in [3.8, 4) is 0 Å². The summed E-state index contributed by atoms with van der Waals surface area (Å²) >= 11 is 0. The van der Waals surface area contributed by atoms with Crippen LogP contribution in [-0.4, -0.2) is 153 Å². The summed E-state index contributed by atoms with van der Waals surface area (Å²) < 4.78 is 0. The van der Waals surface area contributed by atoms with Crippen LogP contribution >= 0.6 is 0 Å². The maximum absolute atomic E-state index is 13.8. The van der Waals surface area contributed by atoms with Crippen molar-refractivity contribution in [1.82, 2.24) is 42.1 Å². The fraction of sp³-hybridized carbons (Fsp3) is 0.594. The number of nitrogens with one attached hydrogen (secondary N) is 7. The predicted molar refractivity (Wildman–Crippen MR) is 189 cm³/mol. The van der Waals surface area contributed by atoms with E-state index in [-0.39, 0.29) is 12.8 Å². The lowest BCUT2D eigenvalue weighted by molar-refractivity contribution is -0.146. The molecule has 6 atom stereocenters. The molecule has 0 bridgehead atoms. The van der Waals surface area contributed by atoms with Crippen LogP contribution in [-0.2, 0) is 52.7 Å². The van der Waals surface area contributed by atoms with Crippen molar-refractivity contribution in [2.45, 2.75) is 101 Å². The number of likely N-dealkylation sites (N-methyl/N-ethyl adjacent to an activating group) is 1. The molecule has 0 aliphatic carbocycles. The monoisotopic (exact) mass is 799 g/mol. The number of rotatable bonds is 25. The number of carboxylic acid groups (broad SMARTS) is 4. The molecule has 1 rings (SSSR count). The Balaban J connectivity index is 3.45. The van der Waals surface area contributed by atoms with Gasteiger partial charge in [0.2, 0.25) is 35.7 Å². The molecule has 0 aromatic carbocycles. The van der Waals surface area contributed by atoms with Gasteiger partial charge in [-0.05, 0) is 47.1 Å². The van der Waals surface area contributed by atoms with E-state index in [0.717, 1.165) is 12.2 Å². The highest BCUT2D eigenvalue weighted by Crippen LogP contribution is 2.10. The molecule has 7 amide bonds. The molecule has 0 saturated carbocycles. The summed E-state index contributed by atoms with van der Waals surface area (Å²) in [6.07, 6.45) is -3.35. The van der Waals surface area contributed by atoms with Gasteiger partial charge in [0.15, 0.2) is 0 Å². The number of imide groups is 1. The Morgan fingerprint density at radius 1 is 0.643 bits per heavy atom. The normalized spacial score (nSPS) is 15.7. The first-order valence-electron chi connectivity index (χ1n) is 17.1. The van der Waals surface area contributed by atoms with E-state index in [1.54, 1.807) is 20.8 Å². The second-order valence-electron chi connectivity index (χ2n) is 13.4. The van der Waals surface area contributed by atoms with E-state index in [1.807, 2.05) is 10.6 Å². The molecule has 0 aromatic rings. The molecule has 56 heavy (non-hydrogen) atoms. The summed E-state index contributed by atoms with van der Waals surface area (Å²) in [4.78, 5) is 137. The molecule has 0 fully saturated rings. The molecule has 312 valence electrons. The topological polar surface area (TPSA) is 382 Å². The molecule has 0 aromatic heterocycles. The molecular weight excluding hydrogens is 750 g/mol. The third kappa shape index (κ3) is 16.6. The summed E-state index contributed by atoms with van der Waals surface area (Å²) in [5.74, 6) is -13.1. The van der Waals surface area contributed by atoms with Gasteiger partial charge in [-0.15, -0.1) is 0 Å². The highest BCUT2D eigenvalue weighted by molar-refractivity contribution is 6.15. The summed E-state index contributed by atoms with van der Waals surface area (Å²) in [6.45, 7) is 3.62. The lowest BCUT2D eigenvalue weighted by Crippen LogP contribution is -2.63. The van der Waals surface area contributed by atoms with Crippen molar-refractivity contribution in [1.29, 1.82) is 0 Å². The van der Waals surface area contributed by atoms with E-state index >= 15 is 0 Å². The first kappa shape index (κ1) is 48.0. The lowest BCUT2D eigenvalue weighted by Gasteiger charge is -2.30. The molecule has 1 aliphatic heterocycles. The van der Waals surface area contributed by atoms with Gasteiger partial charge in [0.25, 0.3) is 11.8 Å². The number of nitrogens with zero attached hydrogens (tertiary/aromatic N) is 1. The summed E-state index contributed by atoms with van der Waals surface area (Å²) in [6, 6.07) is -7.72. The molecule has 1 heterocycles. The van der Waals surface area contributed by atoms with Crippen molar-refractivity contribution in [2.24, 2.45) is 5.73 Å². The summed E-state index contributed by atoms with van der Waals surface area (Å²) in [5, 5.41) is 53.3. The van der Waals surface area contributed by atoms with Crippen molar-refractivity contribution >= 4 is 65.2 Å². The van der Waals surface area contributed by atoms with Crippen LogP contribution in [0.2, 0.25) is 0 Å². The highest BCUT2D eigenvalue weighted by Gasteiger charge is 2.37. The van der Waals surface area contributed by atoms with E-state index in [2.05, 4.69) is 26.6 Å². The Morgan fingerprint density at radius 2 is 1.05 bits per heavy atom. The number of carbonyl (C=O) groups is 11. The van der Waals surface area contributed by atoms with Crippen molar-refractivity contribution in [3.05, 3.63) is 12.2 Å². The van der Waals surface area contributed by atoms with Crippen LogP contribution < -0.4 is 43.0 Å². The number of hydrogen-bond acceptors (Lipinski definition) is 14. The van der Waals surface area contributed by atoms with E-state index in [4.69, 9.17) is 10.8 Å². The van der Waals surface area contributed by atoms with Gasteiger partial charge in [-0.25, -0.2) is 4.79 Å². The number of aliphatic carboxylic acids is 4. The van der Waals surface area contributed by atoms with Gasteiger partial charge in [-0.3, -0.25) is 52.8 Å². The second-order valence-corrected chi connectivity index (χ2v) is 13.4. The van der Waals surface area contributed by atoms with E-state index < -0.39 is 146 Å². The quantitative estimate of drug-likeness (QED) is 0.0303. The Hall–Kier alpha value is -6.01. The first-order valence-corrected chi connectivity index (χ1v) is 17.1. The van der Waals surface area contributed by atoms with Gasteiger partial charge in [-0.2, -0.15) is 0 Å². The molecule has 0 saturated heterocycles. The van der Waals surface area contributed by atoms with Gasteiger partial charge >= 0.3 is 23.9 Å². The standard InChI is InChI=1S/C32H49N9O15/c1-32(2,3)40-17(7-12-24(48)49)28(52)37-18(14-35-30(54)19(13-33)41-20(42)8-9-21(41)43)29(53)36-16(6-11-23(46)47)27(51)39-25(31(55)56)38-26(50)15(34-4)5-10-22(44)45/h8-9,15-19,25,34,40H,5-7,10-14,33H2,1-4H3,(H,35,54)(H,36,53)(H,37,52)(H,38,50)(H,39,51)(H,44,45)(H,46,47)(H,48,49)(H,55,56)/t15-,16-,17-,18-,19-,25-/m0/s1. The van der Waals surface area contributed by atoms with Crippen LogP contribution in [0.4, 0.5) is 0 Å². The number of carboxylic acids is 4. The lowest BCUT2D eigenvalue weighted by atomic mass is 10.0. The van der Waals surface area contributed by atoms with Crippen molar-refractivity contribution < 1.29 is 73.2 Å². The largest absolute Gasteiger partial charge is 0.481 e. The maximum atomic E-state index is 13.8. The van der Waals surface area contributed by atoms with Gasteiger partial charge in [0.1, 0.15) is 18.1 Å². The summed E-state index contributed by atoms with van der Waals surface area (Å²) in [7, 11) is 1.29. The first-order chi connectivity index (χ1) is 26.0. The Kier molecular flexibility index (Phi) is 19.2. The average molecular weight is 800 g/mol. The number of carbonyl (C=O) groups excluding carboxylic acids is 7. The van der Waals surface area contributed by atoms with E-state index in [0.29, 0.717) is 4.90 Å². The predicted octanol–water partition coefficient (Wildman–Crippen LogP) is -5.09. The van der Waals surface area contributed by atoms with E-state index in [1.165, 1.54) is 7.05 Å². The molecule has 24 heteroatoms. The van der Waals surface area contributed by atoms with Gasteiger partial charge in [0.05, 0.1) is 12.1 Å². The third-order valence-electron chi connectivity index (χ3n) is 7.78. The minimum Gasteiger partial charge on any atom is -0.481 e. The van der Waals surface area contributed by atoms with Crippen LogP contribution in [0.5, 0.6) is 0 Å². The van der Waals surface area contributed by atoms with Crippen LogP contribution in [0.25, 0.3) is 0 Å². The zero-order chi connectivity index (χ0) is 42.9. The molecule has 13 N–H and O–H groups in total. The van der Waals surface area contributed by atoms with Gasteiger partial charge < -0.3 is 63.4 Å². The highest BCUT2D eigenvalue weighted by atomic mass is 16.4. The minimum atomic E-state index is -2.17. The minimum absolute atomic E-state index is 0.269. The molecule has 0 spiro atoms.